The Morgan fingerprint density at radius 2 is 1.79 bits per heavy atom. The largest absolute Gasteiger partial charge is 0.464 e. The first-order valence-electron chi connectivity index (χ1n) is 8.50. The van der Waals surface area contributed by atoms with Crippen molar-refractivity contribution in [2.45, 2.75) is 39.7 Å². The Bertz CT molecular complexity index is 698. The average Bonchev–Trinajstić information content (AvgIpc) is 2.60. The lowest BCUT2D eigenvalue weighted by Crippen LogP contribution is -2.24. The molecule has 0 saturated heterocycles. The highest BCUT2D eigenvalue weighted by Crippen LogP contribution is 2.26. The molecule has 0 saturated carbocycles. The molecule has 0 aliphatic rings. The van der Waals surface area contributed by atoms with Crippen LogP contribution >= 0.6 is 0 Å². The summed E-state index contributed by atoms with van der Waals surface area (Å²) in [5.41, 5.74) is 10.8. The first-order valence-corrected chi connectivity index (χ1v) is 8.50. The SMILES string of the molecule is CCOC(=O)C(Nc1ccccc1CC)c1ccc(N)c(CC)c1. The lowest BCUT2D eigenvalue weighted by molar-refractivity contribution is -0.144. The Hall–Kier alpha value is -2.49. The second-order valence-corrected chi connectivity index (χ2v) is 5.65. The number of esters is 1. The number of nitrogens with one attached hydrogen (secondary N) is 1. The van der Waals surface area contributed by atoms with Crippen LogP contribution in [0, 0.1) is 0 Å². The van der Waals surface area contributed by atoms with Crippen LogP contribution in [-0.2, 0) is 22.4 Å². The lowest BCUT2D eigenvalue weighted by Gasteiger charge is -2.21. The van der Waals surface area contributed by atoms with Gasteiger partial charge in [-0.15, -0.1) is 0 Å². The van der Waals surface area contributed by atoms with Gasteiger partial charge in [-0.05, 0) is 48.6 Å². The monoisotopic (exact) mass is 326 g/mol. The number of anilines is 2. The molecule has 0 spiro atoms. The third-order valence-electron chi connectivity index (χ3n) is 4.10. The van der Waals surface area contributed by atoms with Gasteiger partial charge in [-0.1, -0.05) is 44.2 Å². The number of benzene rings is 2. The van der Waals surface area contributed by atoms with Crippen LogP contribution in [0.5, 0.6) is 0 Å². The molecule has 4 heteroatoms. The molecule has 0 aliphatic carbocycles. The maximum absolute atomic E-state index is 12.5. The van der Waals surface area contributed by atoms with Crippen molar-refractivity contribution in [3.63, 3.8) is 0 Å². The van der Waals surface area contributed by atoms with E-state index in [1.807, 2.05) is 43.3 Å². The third-order valence-corrected chi connectivity index (χ3v) is 4.10. The number of nitrogen functional groups attached to an aromatic ring is 1. The van der Waals surface area contributed by atoms with Gasteiger partial charge < -0.3 is 15.8 Å². The van der Waals surface area contributed by atoms with Gasteiger partial charge in [0.2, 0.25) is 0 Å². The van der Waals surface area contributed by atoms with Crippen LogP contribution in [0.25, 0.3) is 0 Å². The Balaban J connectivity index is 2.40. The first kappa shape index (κ1) is 17.9. The number of nitrogens with two attached hydrogens (primary N) is 1. The summed E-state index contributed by atoms with van der Waals surface area (Å²) in [5, 5.41) is 3.35. The van der Waals surface area contributed by atoms with E-state index < -0.39 is 6.04 Å². The summed E-state index contributed by atoms with van der Waals surface area (Å²) in [6, 6.07) is 13.2. The maximum atomic E-state index is 12.5. The molecule has 128 valence electrons. The molecule has 1 unspecified atom stereocenters. The van der Waals surface area contributed by atoms with Gasteiger partial charge in [0.05, 0.1) is 6.61 Å². The van der Waals surface area contributed by atoms with Crippen LogP contribution in [0.15, 0.2) is 42.5 Å². The number of rotatable bonds is 7. The molecule has 0 fully saturated rings. The smallest absolute Gasteiger partial charge is 0.333 e. The minimum absolute atomic E-state index is 0.282. The minimum Gasteiger partial charge on any atom is -0.464 e. The van der Waals surface area contributed by atoms with E-state index in [1.54, 1.807) is 0 Å². The van der Waals surface area contributed by atoms with E-state index in [0.717, 1.165) is 40.9 Å². The van der Waals surface area contributed by atoms with Crippen LogP contribution < -0.4 is 11.1 Å². The van der Waals surface area contributed by atoms with E-state index in [4.69, 9.17) is 10.5 Å². The Labute approximate surface area is 144 Å². The van der Waals surface area contributed by atoms with Crippen molar-refractivity contribution in [3.8, 4) is 0 Å². The second kappa shape index (κ2) is 8.39. The molecule has 4 nitrogen and oxygen atoms in total. The summed E-state index contributed by atoms with van der Waals surface area (Å²) in [6.07, 6.45) is 1.71. The molecule has 0 amide bonds. The fourth-order valence-corrected chi connectivity index (χ4v) is 2.74. The van der Waals surface area contributed by atoms with Crippen molar-refractivity contribution in [1.29, 1.82) is 0 Å². The zero-order valence-corrected chi connectivity index (χ0v) is 14.6. The van der Waals surface area contributed by atoms with E-state index in [1.165, 1.54) is 0 Å². The van der Waals surface area contributed by atoms with Gasteiger partial charge >= 0.3 is 5.97 Å². The number of ether oxygens (including phenoxy) is 1. The highest BCUT2D eigenvalue weighted by molar-refractivity contribution is 5.82. The molecule has 0 radical (unpaired) electrons. The molecular weight excluding hydrogens is 300 g/mol. The number of hydrogen-bond donors (Lipinski definition) is 2. The molecule has 1 atom stereocenters. The standard InChI is InChI=1S/C20H26N2O2/c1-4-14-9-7-8-10-18(14)22-19(20(23)24-6-3)16-11-12-17(21)15(5-2)13-16/h7-13,19,22H,4-6,21H2,1-3H3. The van der Waals surface area contributed by atoms with Crippen LogP contribution in [0.2, 0.25) is 0 Å². The van der Waals surface area contributed by atoms with E-state index in [2.05, 4.69) is 25.2 Å². The Morgan fingerprint density at radius 3 is 2.46 bits per heavy atom. The van der Waals surface area contributed by atoms with Crippen LogP contribution in [0.1, 0.15) is 43.5 Å². The van der Waals surface area contributed by atoms with Crippen molar-refractivity contribution in [3.05, 3.63) is 59.2 Å². The van der Waals surface area contributed by atoms with Crippen molar-refractivity contribution in [2.75, 3.05) is 17.7 Å². The van der Waals surface area contributed by atoms with E-state index in [9.17, 15) is 4.79 Å². The van der Waals surface area contributed by atoms with Gasteiger partial charge in [0.25, 0.3) is 0 Å². The Morgan fingerprint density at radius 1 is 1.08 bits per heavy atom. The van der Waals surface area contributed by atoms with Gasteiger partial charge in [-0.25, -0.2) is 4.79 Å². The van der Waals surface area contributed by atoms with Crippen LogP contribution in [0.4, 0.5) is 11.4 Å². The molecule has 0 heterocycles. The molecule has 3 N–H and O–H groups in total. The number of carbonyl (C=O) groups is 1. The fraction of sp³-hybridized carbons (Fsp3) is 0.350. The molecule has 0 bridgehead atoms. The number of hydrogen-bond acceptors (Lipinski definition) is 4. The van der Waals surface area contributed by atoms with Crippen molar-refractivity contribution >= 4 is 17.3 Å². The lowest BCUT2D eigenvalue weighted by atomic mass is 10.00. The fourth-order valence-electron chi connectivity index (χ4n) is 2.74. The molecule has 2 aromatic rings. The highest BCUT2D eigenvalue weighted by Gasteiger charge is 2.23. The zero-order chi connectivity index (χ0) is 17.5. The van der Waals surface area contributed by atoms with Crippen molar-refractivity contribution in [2.24, 2.45) is 0 Å². The van der Waals surface area contributed by atoms with Crippen molar-refractivity contribution < 1.29 is 9.53 Å². The van der Waals surface area contributed by atoms with Crippen LogP contribution in [0.3, 0.4) is 0 Å². The normalized spacial score (nSPS) is 11.8. The van der Waals surface area contributed by atoms with E-state index in [-0.39, 0.29) is 5.97 Å². The van der Waals surface area contributed by atoms with Gasteiger partial charge in [0.1, 0.15) is 0 Å². The Kier molecular flexibility index (Phi) is 6.24. The molecule has 0 aromatic heterocycles. The predicted octanol–water partition coefficient (Wildman–Crippen LogP) is 4.11. The summed E-state index contributed by atoms with van der Waals surface area (Å²) in [7, 11) is 0. The molecule has 0 aliphatic heterocycles. The van der Waals surface area contributed by atoms with E-state index in [0.29, 0.717) is 6.61 Å². The van der Waals surface area contributed by atoms with Gasteiger partial charge in [0, 0.05) is 11.4 Å². The average molecular weight is 326 g/mol. The summed E-state index contributed by atoms with van der Waals surface area (Å²) in [6.45, 7) is 6.31. The predicted molar refractivity (Wildman–Crippen MR) is 99.0 cm³/mol. The summed E-state index contributed by atoms with van der Waals surface area (Å²) in [5.74, 6) is -0.282. The van der Waals surface area contributed by atoms with Gasteiger partial charge in [-0.2, -0.15) is 0 Å². The first-order chi connectivity index (χ1) is 11.6. The summed E-state index contributed by atoms with van der Waals surface area (Å²) < 4.78 is 5.28. The van der Waals surface area contributed by atoms with Crippen LogP contribution in [-0.4, -0.2) is 12.6 Å². The number of para-hydroxylation sites is 1. The molecule has 2 aromatic carbocycles. The third kappa shape index (κ3) is 4.07. The number of carbonyl (C=O) groups excluding carboxylic acids is 1. The van der Waals surface area contributed by atoms with E-state index >= 15 is 0 Å². The summed E-state index contributed by atoms with van der Waals surface area (Å²) >= 11 is 0. The highest BCUT2D eigenvalue weighted by atomic mass is 16.5. The maximum Gasteiger partial charge on any atom is 0.333 e. The second-order valence-electron chi connectivity index (χ2n) is 5.65. The minimum atomic E-state index is -0.552. The number of aryl methyl sites for hydroxylation is 2. The molecule has 24 heavy (non-hydrogen) atoms. The summed E-state index contributed by atoms with van der Waals surface area (Å²) in [4.78, 5) is 12.5. The molecular formula is C20H26N2O2. The molecule has 2 rings (SSSR count). The van der Waals surface area contributed by atoms with Gasteiger partial charge in [0.15, 0.2) is 6.04 Å². The van der Waals surface area contributed by atoms with Crippen molar-refractivity contribution in [1.82, 2.24) is 0 Å². The quantitative estimate of drug-likeness (QED) is 0.593. The van der Waals surface area contributed by atoms with Gasteiger partial charge in [-0.3, -0.25) is 0 Å². The zero-order valence-electron chi connectivity index (χ0n) is 14.6. The topological polar surface area (TPSA) is 64.3 Å².